The largest absolute Gasteiger partial charge is 0.477 e. The summed E-state index contributed by atoms with van der Waals surface area (Å²) in [6, 6.07) is 0. The normalized spacial score (nSPS) is 14.1. The Kier molecular flexibility index (Phi) is 52.5. The number of aliphatic carboxylic acids is 1. The smallest absolute Gasteiger partial charge is 0.361 e. The molecule has 0 aliphatic rings. The van der Waals surface area contributed by atoms with E-state index in [-0.39, 0.29) is 32.7 Å². The van der Waals surface area contributed by atoms with Gasteiger partial charge in [-0.25, -0.2) is 4.79 Å². The Morgan fingerprint density at radius 1 is 0.390 bits per heavy atom. The van der Waals surface area contributed by atoms with E-state index in [1.54, 1.807) is 0 Å². The molecule has 0 spiro atoms. The number of ether oxygens (including phenoxy) is 4. The Morgan fingerprint density at radius 3 is 1.04 bits per heavy atom. The molecule has 0 saturated carbocycles. The van der Waals surface area contributed by atoms with Crippen LogP contribution in [0.1, 0.15) is 168 Å². The van der Waals surface area contributed by atoms with Crippen molar-refractivity contribution in [3.63, 3.8) is 0 Å². The summed E-state index contributed by atoms with van der Waals surface area (Å²) in [6.45, 7) is 4.51. The first-order valence-electron chi connectivity index (χ1n) is 28.9. The van der Waals surface area contributed by atoms with Crippen LogP contribution in [0.4, 0.5) is 0 Å². The van der Waals surface area contributed by atoms with E-state index in [1.165, 1.54) is 0 Å². The lowest BCUT2D eigenvalue weighted by Crippen LogP contribution is -2.40. The summed E-state index contributed by atoms with van der Waals surface area (Å²) in [6.07, 6.45) is 84.0. The molecule has 0 aliphatic carbocycles. The zero-order valence-electron chi connectivity index (χ0n) is 48.5. The molecule has 0 aromatic rings. The number of hydrogen-bond acceptors (Lipinski definition) is 7. The fourth-order valence-electron chi connectivity index (χ4n) is 6.77. The number of unbranched alkanes of at least 4 members (excludes halogenated alkanes) is 5. The monoisotopic (exact) mass is 1060 g/mol. The Bertz CT molecular complexity index is 1910. The fourth-order valence-corrected chi connectivity index (χ4v) is 6.77. The van der Waals surface area contributed by atoms with Gasteiger partial charge in [-0.05, 0) is 135 Å². The lowest BCUT2D eigenvalue weighted by molar-refractivity contribution is -0.870. The number of carbonyl (C=O) groups excluding carboxylic acids is 2. The summed E-state index contributed by atoms with van der Waals surface area (Å²) in [7, 11) is 5.92. The van der Waals surface area contributed by atoms with E-state index in [4.69, 9.17) is 18.9 Å². The summed E-state index contributed by atoms with van der Waals surface area (Å²) < 4.78 is 22.8. The van der Waals surface area contributed by atoms with E-state index in [1.807, 2.05) is 21.1 Å². The molecule has 0 bridgehead atoms. The number of carboxylic acid groups (broad SMARTS) is 1. The molecular formula is C68H104NO8+. The second kappa shape index (κ2) is 56.6. The van der Waals surface area contributed by atoms with Gasteiger partial charge in [0, 0.05) is 12.8 Å². The van der Waals surface area contributed by atoms with Crippen molar-refractivity contribution in [1.29, 1.82) is 0 Å². The van der Waals surface area contributed by atoms with Crippen molar-refractivity contribution < 1.29 is 42.9 Å². The summed E-state index contributed by atoms with van der Waals surface area (Å²) in [5.74, 6) is -2.14. The number of hydrogen-bond donors (Lipinski definition) is 1. The van der Waals surface area contributed by atoms with Crippen LogP contribution in [0.15, 0.2) is 182 Å². The second-order valence-corrected chi connectivity index (χ2v) is 19.5. The number of carbonyl (C=O) groups is 3. The van der Waals surface area contributed by atoms with Crippen molar-refractivity contribution in [2.24, 2.45) is 0 Å². The van der Waals surface area contributed by atoms with Crippen molar-refractivity contribution in [2.45, 2.75) is 180 Å². The predicted molar refractivity (Wildman–Crippen MR) is 326 cm³/mol. The summed E-state index contributed by atoms with van der Waals surface area (Å²) in [5, 5.41) is 9.70. The van der Waals surface area contributed by atoms with Gasteiger partial charge >= 0.3 is 17.9 Å². The highest BCUT2D eigenvalue weighted by Gasteiger charge is 2.25. The van der Waals surface area contributed by atoms with Crippen molar-refractivity contribution >= 4 is 17.9 Å². The molecule has 0 aromatic carbocycles. The Hall–Kier alpha value is -5.61. The van der Waals surface area contributed by atoms with Gasteiger partial charge in [-0.3, -0.25) is 9.59 Å². The number of esters is 2. The number of allylic oxidation sites excluding steroid dienone is 30. The molecular weight excluding hydrogens is 959 g/mol. The van der Waals surface area contributed by atoms with Gasteiger partial charge in [0.25, 0.3) is 6.29 Å². The topological polar surface area (TPSA) is 108 Å². The average molecular weight is 1060 g/mol. The van der Waals surface area contributed by atoms with Crippen LogP contribution in [0.3, 0.4) is 0 Å². The summed E-state index contributed by atoms with van der Waals surface area (Å²) in [5.41, 5.74) is 0. The summed E-state index contributed by atoms with van der Waals surface area (Å²) in [4.78, 5) is 37.4. The van der Waals surface area contributed by atoms with Gasteiger partial charge in [-0.15, -0.1) is 0 Å². The lowest BCUT2D eigenvalue weighted by Gasteiger charge is -2.25. The maximum atomic E-state index is 12.9. The number of carboxylic acids is 1. The molecule has 428 valence electrons. The maximum Gasteiger partial charge on any atom is 0.361 e. The van der Waals surface area contributed by atoms with Crippen LogP contribution < -0.4 is 0 Å². The minimum Gasteiger partial charge on any atom is -0.477 e. The van der Waals surface area contributed by atoms with Crippen LogP contribution in [0.2, 0.25) is 0 Å². The first-order valence-corrected chi connectivity index (χ1v) is 28.9. The first-order chi connectivity index (χ1) is 37.6. The zero-order chi connectivity index (χ0) is 56.2. The van der Waals surface area contributed by atoms with Gasteiger partial charge in [0.15, 0.2) is 6.10 Å². The van der Waals surface area contributed by atoms with E-state index >= 15 is 0 Å². The third kappa shape index (κ3) is 57.9. The molecule has 0 heterocycles. The van der Waals surface area contributed by atoms with Crippen molar-refractivity contribution in [1.82, 2.24) is 0 Å². The predicted octanol–water partition coefficient (Wildman–Crippen LogP) is 17.3. The van der Waals surface area contributed by atoms with Crippen molar-refractivity contribution in [2.75, 3.05) is 47.5 Å². The zero-order valence-corrected chi connectivity index (χ0v) is 48.5. The van der Waals surface area contributed by atoms with Crippen LogP contribution in [0, 0.1) is 0 Å². The van der Waals surface area contributed by atoms with Gasteiger partial charge in [0.1, 0.15) is 13.2 Å². The molecule has 0 saturated heterocycles. The molecule has 2 atom stereocenters. The molecule has 0 rings (SSSR count). The van der Waals surface area contributed by atoms with E-state index < -0.39 is 30.3 Å². The molecule has 2 unspecified atom stereocenters. The molecule has 0 aliphatic heterocycles. The molecule has 1 N–H and O–H groups in total. The molecule has 77 heavy (non-hydrogen) atoms. The molecule has 0 fully saturated rings. The highest BCUT2D eigenvalue weighted by Crippen LogP contribution is 2.11. The Morgan fingerprint density at radius 2 is 0.701 bits per heavy atom. The third-order valence-corrected chi connectivity index (χ3v) is 11.2. The van der Waals surface area contributed by atoms with Crippen molar-refractivity contribution in [3.8, 4) is 0 Å². The third-order valence-electron chi connectivity index (χ3n) is 11.2. The van der Waals surface area contributed by atoms with Crippen LogP contribution in [-0.4, -0.2) is 87.4 Å². The van der Waals surface area contributed by atoms with Gasteiger partial charge < -0.3 is 28.5 Å². The van der Waals surface area contributed by atoms with E-state index in [2.05, 4.69) is 196 Å². The number of nitrogens with zero attached hydrogens (tertiary/aromatic N) is 1. The molecule has 9 heteroatoms. The minimum absolute atomic E-state index is 0.161. The number of rotatable bonds is 50. The van der Waals surface area contributed by atoms with E-state index in [9.17, 15) is 19.5 Å². The molecule has 9 nitrogen and oxygen atoms in total. The van der Waals surface area contributed by atoms with Crippen LogP contribution in [-0.2, 0) is 33.3 Å². The number of likely N-dealkylation sites (N-methyl/N-ethyl adjacent to an activating group) is 1. The number of quaternary nitrogens is 1. The maximum absolute atomic E-state index is 12.9. The SMILES string of the molecule is CC/C=C\C/C=C\C/C=C\C/C=C\C/C=C\C/C=C\C/C=C\C/C=C\CCCCC(=O)OC(COC(=O)CCCCC/C=C\C/C=C\C/C=C\C/C=C\C/C=C\C/C=C\C/C=C\CC)COC(OCC[N+](C)(C)C)C(=O)O. The molecule has 0 radical (unpaired) electrons. The van der Waals surface area contributed by atoms with Crippen LogP contribution >= 0.6 is 0 Å². The first kappa shape index (κ1) is 71.4. The average Bonchev–Trinajstić information content (AvgIpc) is 3.40. The van der Waals surface area contributed by atoms with E-state index in [0.717, 1.165) is 128 Å². The molecule has 0 aromatic heterocycles. The summed E-state index contributed by atoms with van der Waals surface area (Å²) >= 11 is 0. The minimum atomic E-state index is -1.54. The molecule has 0 amide bonds. The van der Waals surface area contributed by atoms with Gasteiger partial charge in [0.05, 0.1) is 34.4 Å². The van der Waals surface area contributed by atoms with Crippen molar-refractivity contribution in [3.05, 3.63) is 182 Å². The second-order valence-electron chi connectivity index (χ2n) is 19.5. The highest BCUT2D eigenvalue weighted by molar-refractivity contribution is 5.71. The quantitative estimate of drug-likeness (QED) is 0.0211. The van der Waals surface area contributed by atoms with Gasteiger partial charge in [0.2, 0.25) is 0 Å². The van der Waals surface area contributed by atoms with Crippen LogP contribution in [0.25, 0.3) is 0 Å². The lowest BCUT2D eigenvalue weighted by atomic mass is 10.1. The fraction of sp³-hybridized carbons (Fsp3) is 0.515. The van der Waals surface area contributed by atoms with Gasteiger partial charge in [-0.1, -0.05) is 203 Å². The Balaban J connectivity index is 4.49. The van der Waals surface area contributed by atoms with Gasteiger partial charge in [-0.2, -0.15) is 0 Å². The van der Waals surface area contributed by atoms with Crippen LogP contribution in [0.5, 0.6) is 0 Å². The highest BCUT2D eigenvalue weighted by atomic mass is 16.7. The Labute approximate surface area is 469 Å². The van der Waals surface area contributed by atoms with E-state index in [0.29, 0.717) is 23.9 Å². The standard InChI is InChI=1S/C68H103NO8/c1-6-8-10-12-14-16-18-20-22-24-26-28-30-32-33-35-37-39-41-43-45-47-49-51-53-55-57-59-66(71)77-64(63-76-68(67(72)73)74-61-60-69(3,4)5)62-75-65(70)58-56-54-52-50-48-46-44-42-40-38-36-34-31-29-27-25-23-21-19-17-15-13-11-9-7-2/h8-11,14-17,20-23,26-29,32-34,36-37,39-40,42-43,45-46,48-49,51,64,68H,6-7,12-13,18-19,24-25,30-31,35,38,41,44,47,50,52-63H2,1-5H3/p+1/b10-8-,11-9-,16-14-,17-15-,22-20-,23-21-,28-26-,29-27-,33-32-,36-34-,39-37-,42-40-,45-43-,48-46-,51-49-.